The van der Waals surface area contributed by atoms with Crippen molar-refractivity contribution in [3.63, 3.8) is 0 Å². The fourth-order valence-electron chi connectivity index (χ4n) is 4.91. The normalized spacial score (nSPS) is 16.0. The number of halogens is 1. The molecule has 8 heteroatoms. The summed E-state index contributed by atoms with van der Waals surface area (Å²) in [7, 11) is 3.51. The molecule has 36 heavy (non-hydrogen) atoms. The van der Waals surface area contributed by atoms with E-state index in [1.165, 1.54) is 0 Å². The maximum atomic E-state index is 13.4. The van der Waals surface area contributed by atoms with E-state index in [-0.39, 0.29) is 17.5 Å². The first-order valence-corrected chi connectivity index (χ1v) is 13.0. The van der Waals surface area contributed by atoms with E-state index in [0.29, 0.717) is 42.9 Å². The highest BCUT2D eigenvalue weighted by atomic mass is 35.5. The number of aromatic nitrogens is 2. The number of benzene rings is 2. The minimum absolute atomic E-state index is 0.0530. The van der Waals surface area contributed by atoms with E-state index >= 15 is 0 Å². The van der Waals surface area contributed by atoms with Gasteiger partial charge in [-0.3, -0.25) is 14.5 Å². The quantitative estimate of drug-likeness (QED) is 0.365. The highest BCUT2D eigenvalue weighted by molar-refractivity contribution is 6.30. The van der Waals surface area contributed by atoms with Crippen molar-refractivity contribution in [3.8, 4) is 0 Å². The molecule has 0 radical (unpaired) electrons. The van der Waals surface area contributed by atoms with Crippen LogP contribution in [0.2, 0.25) is 5.02 Å². The molecule has 1 amide bonds. The van der Waals surface area contributed by atoms with Crippen LogP contribution in [0.4, 0.5) is 0 Å². The second-order valence-corrected chi connectivity index (χ2v) is 9.96. The Morgan fingerprint density at radius 1 is 1.17 bits per heavy atom. The molecule has 0 spiro atoms. The smallest absolute Gasteiger partial charge is 0.274 e. The molecular formula is C28H35ClN4O3. The minimum Gasteiger partial charge on any atom is -0.385 e. The standard InChI is InChI=1S/C28H35ClN4O3/c1-31(27(34)10-6-18-36-2)16-17-32-15-5-7-23(32)20-33-28(35)25-9-4-3-8-24(25)26(30-33)19-21-11-13-22(29)14-12-21/h3-4,8-9,11-14,23H,5-7,10,15-20H2,1-2H3/t23-/m1/s1. The van der Waals surface area contributed by atoms with Gasteiger partial charge in [0.2, 0.25) is 5.91 Å². The Hall–Kier alpha value is -2.74. The third kappa shape index (κ3) is 6.52. The lowest BCUT2D eigenvalue weighted by atomic mass is 10.0. The van der Waals surface area contributed by atoms with Crippen molar-refractivity contribution in [2.75, 3.05) is 40.4 Å². The number of hydrogen-bond donors (Lipinski definition) is 0. The van der Waals surface area contributed by atoms with Gasteiger partial charge in [0, 0.05) is 63.1 Å². The summed E-state index contributed by atoms with van der Waals surface area (Å²) >= 11 is 6.06. The zero-order valence-corrected chi connectivity index (χ0v) is 21.9. The largest absolute Gasteiger partial charge is 0.385 e. The fourth-order valence-corrected chi connectivity index (χ4v) is 5.04. The van der Waals surface area contributed by atoms with Crippen LogP contribution in [-0.2, 0) is 22.5 Å². The zero-order valence-electron chi connectivity index (χ0n) is 21.2. The molecule has 4 rings (SSSR count). The van der Waals surface area contributed by atoms with Gasteiger partial charge < -0.3 is 9.64 Å². The summed E-state index contributed by atoms with van der Waals surface area (Å²) in [5, 5.41) is 7.14. The predicted molar refractivity (Wildman–Crippen MR) is 144 cm³/mol. The molecule has 0 bridgehead atoms. The van der Waals surface area contributed by atoms with Gasteiger partial charge in [-0.05, 0) is 49.6 Å². The summed E-state index contributed by atoms with van der Waals surface area (Å²) in [6.45, 7) is 3.57. The van der Waals surface area contributed by atoms with Gasteiger partial charge in [0.25, 0.3) is 5.56 Å². The topological polar surface area (TPSA) is 67.7 Å². The lowest BCUT2D eigenvalue weighted by Crippen LogP contribution is -2.42. The van der Waals surface area contributed by atoms with Gasteiger partial charge in [-0.1, -0.05) is 41.9 Å². The van der Waals surface area contributed by atoms with Crippen LogP contribution >= 0.6 is 11.6 Å². The summed E-state index contributed by atoms with van der Waals surface area (Å²) in [4.78, 5) is 29.9. The SMILES string of the molecule is COCCCC(=O)N(C)CCN1CCC[C@@H]1Cn1nc(Cc2ccc(Cl)cc2)c2ccccc2c1=O. The summed E-state index contributed by atoms with van der Waals surface area (Å²) in [5.41, 5.74) is 1.93. The minimum atomic E-state index is -0.0530. The van der Waals surface area contributed by atoms with Crippen LogP contribution in [-0.4, -0.2) is 71.9 Å². The number of methoxy groups -OCH3 is 1. The number of carbonyl (C=O) groups excluding carboxylic acids is 1. The number of likely N-dealkylation sites (N-methyl/N-ethyl adjacent to an activating group) is 1. The van der Waals surface area contributed by atoms with Crippen molar-refractivity contribution < 1.29 is 9.53 Å². The highest BCUT2D eigenvalue weighted by Crippen LogP contribution is 2.21. The van der Waals surface area contributed by atoms with E-state index in [1.54, 1.807) is 16.7 Å². The van der Waals surface area contributed by atoms with Gasteiger partial charge in [-0.15, -0.1) is 0 Å². The Bertz CT molecular complexity index is 1230. The summed E-state index contributed by atoms with van der Waals surface area (Å²) in [6.07, 6.45) is 3.96. The Labute approximate surface area is 217 Å². The van der Waals surface area contributed by atoms with Gasteiger partial charge in [0.15, 0.2) is 0 Å². The first-order valence-electron chi connectivity index (χ1n) is 12.7. The Balaban J connectivity index is 1.48. The second-order valence-electron chi connectivity index (χ2n) is 9.53. The molecule has 0 N–H and O–H groups in total. The number of likely N-dealkylation sites (tertiary alicyclic amines) is 1. The third-order valence-corrected chi connectivity index (χ3v) is 7.25. The molecule has 3 aromatic rings. The van der Waals surface area contributed by atoms with Crippen molar-refractivity contribution in [1.29, 1.82) is 0 Å². The first-order chi connectivity index (χ1) is 17.5. The fraction of sp³-hybridized carbons (Fsp3) is 0.464. The van der Waals surface area contributed by atoms with Crippen LogP contribution in [0.25, 0.3) is 10.8 Å². The molecule has 1 aliphatic rings. The molecule has 0 unspecified atom stereocenters. The van der Waals surface area contributed by atoms with E-state index in [4.69, 9.17) is 21.4 Å². The molecule has 2 heterocycles. The molecular weight excluding hydrogens is 476 g/mol. The number of amides is 1. The highest BCUT2D eigenvalue weighted by Gasteiger charge is 2.26. The van der Waals surface area contributed by atoms with Crippen LogP contribution in [0.1, 0.15) is 36.9 Å². The molecule has 192 valence electrons. The molecule has 0 aliphatic carbocycles. The van der Waals surface area contributed by atoms with Gasteiger partial charge in [0.05, 0.1) is 17.6 Å². The average Bonchev–Trinajstić information content (AvgIpc) is 3.33. The van der Waals surface area contributed by atoms with Crippen LogP contribution < -0.4 is 5.56 Å². The number of carbonyl (C=O) groups is 1. The van der Waals surface area contributed by atoms with Crippen molar-refractivity contribution in [2.24, 2.45) is 0 Å². The van der Waals surface area contributed by atoms with Crippen LogP contribution in [0, 0.1) is 0 Å². The lowest BCUT2D eigenvalue weighted by Gasteiger charge is -2.27. The maximum absolute atomic E-state index is 13.4. The van der Waals surface area contributed by atoms with Crippen LogP contribution in [0.5, 0.6) is 0 Å². The molecule has 1 saturated heterocycles. The van der Waals surface area contributed by atoms with E-state index < -0.39 is 0 Å². The molecule has 7 nitrogen and oxygen atoms in total. The molecule has 1 aromatic heterocycles. The van der Waals surface area contributed by atoms with Gasteiger partial charge in [-0.2, -0.15) is 5.10 Å². The summed E-state index contributed by atoms with van der Waals surface area (Å²) in [5.74, 6) is 0.141. The number of rotatable bonds is 11. The van der Waals surface area contributed by atoms with E-state index in [2.05, 4.69) is 4.90 Å². The van der Waals surface area contributed by atoms with Crippen LogP contribution in [0.3, 0.4) is 0 Å². The predicted octanol–water partition coefficient (Wildman–Crippen LogP) is 3.99. The number of hydrogen-bond acceptors (Lipinski definition) is 5. The van der Waals surface area contributed by atoms with Crippen molar-refractivity contribution in [1.82, 2.24) is 19.6 Å². The Morgan fingerprint density at radius 2 is 1.92 bits per heavy atom. The molecule has 1 fully saturated rings. The van der Waals surface area contributed by atoms with Gasteiger partial charge in [-0.25, -0.2) is 4.68 Å². The van der Waals surface area contributed by atoms with Crippen molar-refractivity contribution in [2.45, 2.75) is 44.7 Å². The summed E-state index contributed by atoms with van der Waals surface area (Å²) < 4.78 is 6.70. The molecule has 0 saturated carbocycles. The third-order valence-electron chi connectivity index (χ3n) is 7.00. The molecule has 1 atom stereocenters. The monoisotopic (exact) mass is 510 g/mol. The van der Waals surface area contributed by atoms with E-state index in [1.807, 2.05) is 55.6 Å². The average molecular weight is 511 g/mol. The number of fused-ring (bicyclic) bond motifs is 1. The number of ether oxygens (including phenoxy) is 1. The Morgan fingerprint density at radius 3 is 2.67 bits per heavy atom. The second kappa shape index (κ2) is 12.5. The van der Waals surface area contributed by atoms with E-state index in [0.717, 1.165) is 49.0 Å². The van der Waals surface area contributed by atoms with Crippen molar-refractivity contribution in [3.05, 3.63) is 75.2 Å². The van der Waals surface area contributed by atoms with Crippen molar-refractivity contribution >= 4 is 28.3 Å². The Kier molecular flexibility index (Phi) is 9.13. The number of nitrogens with zero attached hydrogens (tertiary/aromatic N) is 4. The summed E-state index contributed by atoms with van der Waals surface area (Å²) in [6, 6.07) is 15.7. The lowest BCUT2D eigenvalue weighted by molar-refractivity contribution is -0.130. The van der Waals surface area contributed by atoms with Gasteiger partial charge in [0.1, 0.15) is 0 Å². The molecule has 2 aromatic carbocycles. The van der Waals surface area contributed by atoms with E-state index in [9.17, 15) is 9.59 Å². The maximum Gasteiger partial charge on any atom is 0.274 e. The first kappa shape index (κ1) is 26.3. The zero-order chi connectivity index (χ0) is 25.5. The van der Waals surface area contributed by atoms with Gasteiger partial charge >= 0.3 is 0 Å². The molecule has 1 aliphatic heterocycles. The van der Waals surface area contributed by atoms with Crippen LogP contribution in [0.15, 0.2) is 53.3 Å².